The first-order valence-corrected chi connectivity index (χ1v) is 14.5. The molecule has 1 unspecified atom stereocenters. The Morgan fingerprint density at radius 3 is 2.31 bits per heavy atom. The van der Waals surface area contributed by atoms with Gasteiger partial charge in [0, 0.05) is 48.0 Å². The molecule has 1 saturated heterocycles. The molecular weight excluding hydrogens is 528 g/mol. The molecule has 6 rings (SSSR count). The molecule has 0 radical (unpaired) electrons. The molecule has 2 aromatic heterocycles. The number of hydrogen-bond acceptors (Lipinski definition) is 8. The van der Waals surface area contributed by atoms with Gasteiger partial charge in [-0.25, -0.2) is 4.98 Å². The fraction of sp³-hybridized carbons (Fsp3) is 0.233. The number of amides is 1. The number of thiazole rings is 1. The second-order valence-electron chi connectivity index (χ2n) is 9.79. The summed E-state index contributed by atoms with van der Waals surface area (Å²) in [5.74, 6) is -1.45. The molecular formula is C30H28N4O3S2. The van der Waals surface area contributed by atoms with E-state index < -0.39 is 17.7 Å². The minimum absolute atomic E-state index is 0.0944. The van der Waals surface area contributed by atoms with Crippen molar-refractivity contribution in [3.63, 3.8) is 0 Å². The van der Waals surface area contributed by atoms with Crippen molar-refractivity contribution in [1.29, 1.82) is 0 Å². The number of piperazine rings is 1. The Hall–Kier alpha value is -3.79. The lowest BCUT2D eigenvalue weighted by molar-refractivity contribution is -0.117. The molecule has 0 saturated carbocycles. The smallest absolute Gasteiger partial charge is 0.294 e. The highest BCUT2D eigenvalue weighted by atomic mass is 32.1. The fourth-order valence-electron chi connectivity index (χ4n) is 5.14. The van der Waals surface area contributed by atoms with Gasteiger partial charge in [0.25, 0.3) is 5.91 Å². The molecule has 1 N–H and O–H groups in total. The van der Waals surface area contributed by atoms with E-state index in [-0.39, 0.29) is 11.4 Å². The Morgan fingerprint density at radius 1 is 0.949 bits per heavy atom. The largest absolute Gasteiger partial charge is 0.503 e. The highest BCUT2D eigenvalue weighted by Gasteiger charge is 2.45. The van der Waals surface area contributed by atoms with Gasteiger partial charge < -0.3 is 14.9 Å². The van der Waals surface area contributed by atoms with Crippen molar-refractivity contribution in [1.82, 2.24) is 9.88 Å². The second-order valence-corrected chi connectivity index (χ2v) is 11.8. The van der Waals surface area contributed by atoms with E-state index in [0.29, 0.717) is 16.3 Å². The molecule has 4 aromatic rings. The van der Waals surface area contributed by atoms with E-state index in [0.717, 1.165) is 47.3 Å². The van der Waals surface area contributed by atoms with E-state index in [1.54, 1.807) is 6.92 Å². The highest BCUT2D eigenvalue weighted by molar-refractivity contribution is 7.17. The van der Waals surface area contributed by atoms with Crippen LogP contribution in [0.5, 0.6) is 0 Å². The molecule has 4 heterocycles. The van der Waals surface area contributed by atoms with Crippen LogP contribution in [0.4, 0.5) is 11.4 Å². The number of aliphatic hydroxyl groups is 1. The zero-order valence-electron chi connectivity index (χ0n) is 21.7. The van der Waals surface area contributed by atoms with Gasteiger partial charge in [-0.05, 0) is 49.7 Å². The van der Waals surface area contributed by atoms with Crippen molar-refractivity contribution < 1.29 is 14.7 Å². The van der Waals surface area contributed by atoms with Crippen LogP contribution in [0.25, 0.3) is 10.6 Å². The summed E-state index contributed by atoms with van der Waals surface area (Å²) in [6, 6.07) is 20.6. The first kappa shape index (κ1) is 25.5. The van der Waals surface area contributed by atoms with Crippen LogP contribution in [0, 0.1) is 6.92 Å². The summed E-state index contributed by atoms with van der Waals surface area (Å²) in [5, 5.41) is 13.8. The molecule has 1 atom stereocenters. The number of likely N-dealkylation sites (N-methyl/N-ethyl adjacent to an activating group) is 1. The van der Waals surface area contributed by atoms with Crippen LogP contribution in [-0.2, 0) is 4.79 Å². The standard InChI is InChI=1S/C30H28N4O3S2/c1-19-28(39-29(31-19)20-7-4-3-5-8-20)26(35)24-25(23-9-6-18-38-23)34(30(37)27(24)36)22-12-10-21(11-13-22)33-16-14-32(2)15-17-33/h3-13,18,25,36H,14-17H2,1-2H3. The maximum atomic E-state index is 14.0. The van der Waals surface area contributed by atoms with E-state index in [1.807, 2.05) is 72.1 Å². The molecule has 0 bridgehead atoms. The predicted molar refractivity (Wildman–Crippen MR) is 157 cm³/mol. The number of aliphatic hydroxyl groups excluding tert-OH is 1. The third-order valence-corrected chi connectivity index (χ3v) is 9.42. The Bertz CT molecular complexity index is 1540. The molecule has 2 aliphatic rings. The van der Waals surface area contributed by atoms with Gasteiger partial charge >= 0.3 is 0 Å². The quantitative estimate of drug-likeness (QED) is 0.307. The number of thiophene rings is 1. The van der Waals surface area contributed by atoms with Gasteiger partial charge in [-0.3, -0.25) is 14.5 Å². The monoisotopic (exact) mass is 556 g/mol. The van der Waals surface area contributed by atoms with Crippen LogP contribution in [0.1, 0.15) is 26.3 Å². The van der Waals surface area contributed by atoms with Crippen LogP contribution in [0.15, 0.2) is 83.4 Å². The zero-order valence-corrected chi connectivity index (χ0v) is 23.3. The summed E-state index contributed by atoms with van der Waals surface area (Å²) in [7, 11) is 2.12. The molecule has 0 aliphatic carbocycles. The number of nitrogens with zero attached hydrogens (tertiary/aromatic N) is 4. The van der Waals surface area contributed by atoms with Gasteiger partial charge in [0.15, 0.2) is 5.76 Å². The molecule has 39 heavy (non-hydrogen) atoms. The van der Waals surface area contributed by atoms with E-state index in [1.165, 1.54) is 27.6 Å². The number of benzene rings is 2. The van der Waals surface area contributed by atoms with Crippen LogP contribution in [-0.4, -0.2) is 59.9 Å². The summed E-state index contributed by atoms with van der Waals surface area (Å²) in [6.45, 7) is 5.67. The normalized spacial score (nSPS) is 18.3. The summed E-state index contributed by atoms with van der Waals surface area (Å²) < 4.78 is 0. The number of ketones is 1. The van der Waals surface area contributed by atoms with Crippen molar-refractivity contribution in [2.45, 2.75) is 13.0 Å². The lowest BCUT2D eigenvalue weighted by Gasteiger charge is -2.34. The molecule has 1 amide bonds. The number of aryl methyl sites for hydroxylation is 1. The summed E-state index contributed by atoms with van der Waals surface area (Å²) in [6.07, 6.45) is 0. The number of rotatable bonds is 6. The van der Waals surface area contributed by atoms with Crippen LogP contribution in [0.3, 0.4) is 0 Å². The predicted octanol–water partition coefficient (Wildman–Crippen LogP) is 5.71. The fourth-order valence-corrected chi connectivity index (χ4v) is 6.99. The number of carbonyl (C=O) groups is 2. The summed E-state index contributed by atoms with van der Waals surface area (Å²) >= 11 is 2.74. The maximum absolute atomic E-state index is 14.0. The van der Waals surface area contributed by atoms with Crippen molar-refractivity contribution in [2.75, 3.05) is 43.0 Å². The first-order chi connectivity index (χ1) is 18.9. The van der Waals surface area contributed by atoms with Gasteiger partial charge in [0.1, 0.15) is 11.0 Å². The number of anilines is 2. The summed E-state index contributed by atoms with van der Waals surface area (Å²) in [4.78, 5) is 39.6. The van der Waals surface area contributed by atoms with E-state index in [2.05, 4.69) is 21.8 Å². The number of aromatic nitrogens is 1. The van der Waals surface area contributed by atoms with E-state index >= 15 is 0 Å². The third-order valence-electron chi connectivity index (χ3n) is 7.29. The average molecular weight is 557 g/mol. The van der Waals surface area contributed by atoms with Gasteiger partial charge in [0.05, 0.1) is 16.1 Å². The average Bonchev–Trinajstić information content (AvgIpc) is 3.69. The topological polar surface area (TPSA) is 77.0 Å². The van der Waals surface area contributed by atoms with Gasteiger partial charge in [-0.15, -0.1) is 22.7 Å². The third kappa shape index (κ3) is 4.67. The first-order valence-electron chi connectivity index (χ1n) is 12.8. The molecule has 2 aromatic carbocycles. The minimum Gasteiger partial charge on any atom is -0.503 e. The van der Waals surface area contributed by atoms with Crippen LogP contribution in [0.2, 0.25) is 0 Å². The Balaban J connectivity index is 1.35. The molecule has 9 heteroatoms. The molecule has 7 nitrogen and oxygen atoms in total. The molecule has 1 fully saturated rings. The van der Waals surface area contributed by atoms with Crippen LogP contribution < -0.4 is 9.80 Å². The molecule has 0 spiro atoms. The zero-order chi connectivity index (χ0) is 27.1. The van der Waals surface area contributed by atoms with E-state index in [9.17, 15) is 14.7 Å². The van der Waals surface area contributed by atoms with Crippen molar-refractivity contribution in [3.8, 4) is 10.6 Å². The highest BCUT2D eigenvalue weighted by Crippen LogP contribution is 2.44. The summed E-state index contributed by atoms with van der Waals surface area (Å²) in [5.41, 5.74) is 3.32. The van der Waals surface area contributed by atoms with Gasteiger partial charge in [-0.2, -0.15) is 0 Å². The van der Waals surface area contributed by atoms with Crippen LogP contribution >= 0.6 is 22.7 Å². The lowest BCUT2D eigenvalue weighted by atomic mass is 10.00. The maximum Gasteiger partial charge on any atom is 0.294 e. The number of Topliss-reactive ketones (excluding diaryl/α,β-unsaturated/α-hetero) is 1. The minimum atomic E-state index is -0.721. The number of carbonyl (C=O) groups excluding carboxylic acids is 2. The van der Waals surface area contributed by atoms with Crippen molar-refractivity contribution in [2.24, 2.45) is 0 Å². The number of hydrogen-bond donors (Lipinski definition) is 1. The van der Waals surface area contributed by atoms with Gasteiger partial charge in [0.2, 0.25) is 5.78 Å². The van der Waals surface area contributed by atoms with Gasteiger partial charge in [-0.1, -0.05) is 36.4 Å². The molecule has 2 aliphatic heterocycles. The Labute approximate surface area is 235 Å². The molecule has 198 valence electrons. The Morgan fingerprint density at radius 2 is 1.64 bits per heavy atom. The van der Waals surface area contributed by atoms with Crippen molar-refractivity contribution >= 4 is 45.7 Å². The van der Waals surface area contributed by atoms with Crippen molar-refractivity contribution in [3.05, 3.63) is 98.9 Å². The second kappa shape index (κ2) is 10.4. The Kier molecular flexibility index (Phi) is 6.80. The SMILES string of the molecule is Cc1nc(-c2ccccc2)sc1C(=O)C1=C(O)C(=O)N(c2ccc(N3CCN(C)CC3)cc2)C1c1cccs1. The van der Waals surface area contributed by atoms with E-state index in [4.69, 9.17) is 0 Å². The lowest BCUT2D eigenvalue weighted by Crippen LogP contribution is -2.44.